The van der Waals surface area contributed by atoms with E-state index in [1.54, 1.807) is 0 Å². The van der Waals surface area contributed by atoms with Crippen molar-refractivity contribution in [3.63, 3.8) is 0 Å². The highest BCUT2D eigenvalue weighted by atomic mass is 19.4. The van der Waals surface area contributed by atoms with E-state index in [4.69, 9.17) is 17.6 Å². The lowest BCUT2D eigenvalue weighted by atomic mass is 9.95. The lowest BCUT2D eigenvalue weighted by Crippen LogP contribution is -2.13. The summed E-state index contributed by atoms with van der Waals surface area (Å²) in [6, 6.07) is 8.90. The highest BCUT2D eigenvalue weighted by molar-refractivity contribution is 6.00. The summed E-state index contributed by atoms with van der Waals surface area (Å²) in [5.74, 6) is -0.861. The molecular formula is C16H8F3N3O. The number of amides is 1. The number of carbonyl (C=O) groups is 1. The van der Waals surface area contributed by atoms with Crippen molar-refractivity contribution < 1.29 is 18.0 Å². The molecule has 2 aromatic carbocycles. The molecule has 0 spiro atoms. The van der Waals surface area contributed by atoms with Crippen LogP contribution < -0.4 is 5.73 Å². The molecule has 1 amide bonds. The Labute approximate surface area is 129 Å². The van der Waals surface area contributed by atoms with Crippen LogP contribution in [0.15, 0.2) is 36.4 Å². The van der Waals surface area contributed by atoms with E-state index >= 15 is 0 Å². The van der Waals surface area contributed by atoms with Crippen molar-refractivity contribution >= 4 is 11.6 Å². The third-order valence-corrected chi connectivity index (χ3v) is 3.15. The zero-order valence-corrected chi connectivity index (χ0v) is 11.5. The van der Waals surface area contributed by atoms with E-state index in [0.29, 0.717) is 0 Å². The van der Waals surface area contributed by atoms with Gasteiger partial charge in [0.05, 0.1) is 23.8 Å². The first kappa shape index (κ1) is 16.1. The van der Waals surface area contributed by atoms with Crippen LogP contribution in [-0.2, 0) is 6.18 Å². The molecule has 0 aliphatic rings. The minimum Gasteiger partial charge on any atom is -0.366 e. The molecule has 0 bridgehead atoms. The number of hydrogen-bond donors (Lipinski definition) is 1. The van der Waals surface area contributed by atoms with Gasteiger partial charge in [0.25, 0.3) is 0 Å². The van der Waals surface area contributed by atoms with E-state index in [1.807, 2.05) is 6.07 Å². The van der Waals surface area contributed by atoms with Gasteiger partial charge in [0.2, 0.25) is 5.91 Å². The quantitative estimate of drug-likeness (QED) is 0.854. The molecule has 4 nitrogen and oxygen atoms in total. The Bertz CT molecular complexity index is 874. The third kappa shape index (κ3) is 3.14. The van der Waals surface area contributed by atoms with E-state index in [1.165, 1.54) is 24.3 Å². The minimum atomic E-state index is -4.70. The van der Waals surface area contributed by atoms with Crippen LogP contribution in [0, 0.1) is 17.9 Å². The topological polar surface area (TPSA) is 71.2 Å². The molecule has 0 fully saturated rings. The summed E-state index contributed by atoms with van der Waals surface area (Å²) < 4.78 is 39.1. The smallest absolute Gasteiger partial charge is 0.366 e. The van der Waals surface area contributed by atoms with Crippen molar-refractivity contribution in [2.45, 2.75) is 6.18 Å². The lowest BCUT2D eigenvalue weighted by molar-refractivity contribution is -0.136. The maximum absolute atomic E-state index is 13.0. The van der Waals surface area contributed by atoms with Crippen LogP contribution >= 0.6 is 0 Å². The van der Waals surface area contributed by atoms with Crippen molar-refractivity contribution in [3.05, 3.63) is 64.5 Å². The first-order chi connectivity index (χ1) is 10.8. The number of carbonyl (C=O) groups excluding carboxylic acids is 1. The number of primary amides is 1. The Hall–Kier alpha value is -3.32. The molecule has 2 aromatic rings. The van der Waals surface area contributed by atoms with Crippen LogP contribution in [0.1, 0.15) is 21.5 Å². The van der Waals surface area contributed by atoms with Gasteiger partial charge in [0, 0.05) is 5.56 Å². The summed E-state index contributed by atoms with van der Waals surface area (Å²) in [4.78, 5) is 14.4. The molecule has 0 aromatic heterocycles. The van der Waals surface area contributed by atoms with Crippen molar-refractivity contribution in [3.8, 4) is 17.2 Å². The molecule has 0 radical (unpaired) electrons. The minimum absolute atomic E-state index is 0.0623. The molecule has 2 N–H and O–H groups in total. The second-order valence-corrected chi connectivity index (χ2v) is 4.58. The maximum Gasteiger partial charge on any atom is 0.407 e. The third-order valence-electron chi connectivity index (χ3n) is 3.15. The zero-order valence-electron chi connectivity index (χ0n) is 11.5. The van der Waals surface area contributed by atoms with Gasteiger partial charge in [-0.15, -0.1) is 0 Å². The molecule has 0 saturated carbocycles. The molecule has 114 valence electrons. The largest absolute Gasteiger partial charge is 0.407 e. The van der Waals surface area contributed by atoms with E-state index in [-0.39, 0.29) is 22.3 Å². The van der Waals surface area contributed by atoms with E-state index in [9.17, 15) is 18.0 Å². The summed E-state index contributed by atoms with van der Waals surface area (Å²) in [6.45, 7) is 6.82. The van der Waals surface area contributed by atoms with E-state index in [0.717, 1.165) is 12.1 Å². The van der Waals surface area contributed by atoms with Crippen LogP contribution in [0.2, 0.25) is 0 Å². The lowest BCUT2D eigenvalue weighted by Gasteiger charge is -2.13. The van der Waals surface area contributed by atoms with E-state index < -0.39 is 23.3 Å². The van der Waals surface area contributed by atoms with Crippen LogP contribution in [0.4, 0.5) is 18.9 Å². The number of halogens is 3. The van der Waals surface area contributed by atoms with Crippen molar-refractivity contribution in [1.82, 2.24) is 0 Å². The average Bonchev–Trinajstić information content (AvgIpc) is 2.52. The molecule has 2 rings (SSSR count). The summed E-state index contributed by atoms with van der Waals surface area (Å²) >= 11 is 0. The second-order valence-electron chi connectivity index (χ2n) is 4.58. The molecule has 0 atom stereocenters. The SMILES string of the molecule is [C-]#[N+]c1ccc(-c2ccc(C#N)cc2C(N)=O)cc1C(F)(F)F. The highest BCUT2D eigenvalue weighted by Crippen LogP contribution is 2.39. The normalized spacial score (nSPS) is 10.7. The molecule has 0 aliphatic carbocycles. The van der Waals surface area contributed by atoms with Crippen LogP contribution in [0.5, 0.6) is 0 Å². The van der Waals surface area contributed by atoms with Gasteiger partial charge >= 0.3 is 6.18 Å². The maximum atomic E-state index is 13.0. The number of rotatable bonds is 2. The van der Waals surface area contributed by atoms with Gasteiger partial charge in [-0.2, -0.15) is 18.4 Å². The first-order valence-corrected chi connectivity index (χ1v) is 6.21. The summed E-state index contributed by atoms with van der Waals surface area (Å²) in [7, 11) is 0. The Morgan fingerprint density at radius 2 is 1.91 bits per heavy atom. The molecule has 0 saturated heterocycles. The fourth-order valence-corrected chi connectivity index (χ4v) is 2.10. The van der Waals surface area contributed by atoms with Gasteiger partial charge in [-0.25, -0.2) is 4.85 Å². The molecule has 0 aliphatic heterocycles. The number of hydrogen-bond acceptors (Lipinski definition) is 2. The van der Waals surface area contributed by atoms with E-state index in [2.05, 4.69) is 4.85 Å². The Balaban J connectivity index is 2.72. The van der Waals surface area contributed by atoms with Crippen LogP contribution in [-0.4, -0.2) is 5.91 Å². The van der Waals surface area contributed by atoms with Crippen molar-refractivity contribution in [1.29, 1.82) is 5.26 Å². The standard InChI is InChI=1S/C16H8F3N3O/c1-22-14-5-3-10(7-13(14)16(17,18)19)11-4-2-9(8-20)6-12(11)15(21)23/h2-7H,(H2,21,23). The molecule has 0 unspecified atom stereocenters. The van der Waals surface area contributed by atoms with Gasteiger partial charge in [-0.3, -0.25) is 4.79 Å². The van der Waals surface area contributed by atoms with Crippen molar-refractivity contribution in [2.75, 3.05) is 0 Å². The average molecular weight is 315 g/mol. The summed E-state index contributed by atoms with van der Waals surface area (Å²) in [6.07, 6.45) is -4.70. The number of nitrogens with zero attached hydrogens (tertiary/aromatic N) is 2. The fraction of sp³-hybridized carbons (Fsp3) is 0.0625. The number of nitrogens with two attached hydrogens (primary N) is 1. The Morgan fingerprint density at radius 3 is 2.43 bits per heavy atom. The molecule has 7 heteroatoms. The Morgan fingerprint density at radius 1 is 1.22 bits per heavy atom. The summed E-state index contributed by atoms with van der Waals surface area (Å²) in [5.41, 5.74) is 3.96. The second kappa shape index (κ2) is 5.82. The Kier molecular flexibility index (Phi) is 4.06. The van der Waals surface area contributed by atoms with Gasteiger partial charge in [-0.1, -0.05) is 24.3 Å². The molecule has 0 heterocycles. The summed E-state index contributed by atoms with van der Waals surface area (Å²) in [5, 5.41) is 8.84. The predicted molar refractivity (Wildman–Crippen MR) is 76.4 cm³/mol. The predicted octanol–water partition coefficient (Wildman–Crippen LogP) is 3.89. The monoisotopic (exact) mass is 315 g/mol. The zero-order chi connectivity index (χ0) is 17.2. The van der Waals surface area contributed by atoms with Gasteiger partial charge in [0.15, 0.2) is 5.69 Å². The molecular weight excluding hydrogens is 307 g/mol. The van der Waals surface area contributed by atoms with Crippen molar-refractivity contribution in [2.24, 2.45) is 5.73 Å². The van der Waals surface area contributed by atoms with Crippen LogP contribution in [0.25, 0.3) is 16.0 Å². The highest BCUT2D eigenvalue weighted by Gasteiger charge is 2.33. The first-order valence-electron chi connectivity index (χ1n) is 6.21. The van der Waals surface area contributed by atoms with Gasteiger partial charge < -0.3 is 5.73 Å². The number of alkyl halides is 3. The molecule has 23 heavy (non-hydrogen) atoms. The van der Waals surface area contributed by atoms with Gasteiger partial charge in [0.1, 0.15) is 0 Å². The fourth-order valence-electron chi connectivity index (χ4n) is 2.10. The number of benzene rings is 2. The van der Waals surface area contributed by atoms with Crippen LogP contribution in [0.3, 0.4) is 0 Å². The number of nitriles is 1. The van der Waals surface area contributed by atoms with Gasteiger partial charge in [-0.05, 0) is 23.3 Å².